The minimum absolute atomic E-state index is 0. The molecule has 0 heterocycles. The number of benzene rings is 1. The van der Waals surface area contributed by atoms with Crippen LogP contribution in [0.25, 0.3) is 0 Å². The van der Waals surface area contributed by atoms with Crippen LogP contribution in [0, 0.1) is 11.8 Å². The molecule has 1 amide bonds. The van der Waals surface area contributed by atoms with Gasteiger partial charge in [0.25, 0.3) is 0 Å². The molecule has 134 valence electrons. The number of carbonyl (C=O) groups excluding carboxylic acids is 2. The molecule has 4 atom stereocenters. The molecule has 1 fully saturated rings. The van der Waals surface area contributed by atoms with Crippen molar-refractivity contribution in [3.8, 4) is 0 Å². The van der Waals surface area contributed by atoms with E-state index < -0.39 is 12.0 Å². The van der Waals surface area contributed by atoms with E-state index in [0.29, 0.717) is 6.42 Å². The summed E-state index contributed by atoms with van der Waals surface area (Å²) in [5, 5.41) is 3.04. The minimum atomic E-state index is -0.455. The van der Waals surface area contributed by atoms with E-state index in [9.17, 15) is 9.59 Å². The summed E-state index contributed by atoms with van der Waals surface area (Å²) in [6.07, 6.45) is 3.51. The van der Waals surface area contributed by atoms with Gasteiger partial charge >= 0.3 is 5.97 Å². The van der Waals surface area contributed by atoms with Gasteiger partial charge in [-0.1, -0.05) is 36.8 Å². The fourth-order valence-electron chi connectivity index (χ4n) is 3.22. The lowest BCUT2D eigenvalue weighted by molar-refractivity contribution is -0.146. The molecule has 0 bridgehead atoms. The first-order valence-corrected chi connectivity index (χ1v) is 8.21. The largest absolute Gasteiger partial charge is 0.469 e. The lowest BCUT2D eigenvalue weighted by Crippen LogP contribution is -2.42. The summed E-state index contributed by atoms with van der Waals surface area (Å²) >= 11 is 0. The van der Waals surface area contributed by atoms with E-state index in [2.05, 4.69) is 5.32 Å². The van der Waals surface area contributed by atoms with Gasteiger partial charge in [0.05, 0.1) is 19.1 Å². The first-order valence-electron chi connectivity index (χ1n) is 8.21. The molecule has 1 aliphatic rings. The van der Waals surface area contributed by atoms with Crippen molar-refractivity contribution < 1.29 is 14.3 Å². The molecule has 4 unspecified atom stereocenters. The van der Waals surface area contributed by atoms with Crippen molar-refractivity contribution in [1.82, 2.24) is 5.32 Å². The third-order valence-electron chi connectivity index (χ3n) is 4.61. The highest BCUT2D eigenvalue weighted by atomic mass is 35.5. The molecule has 6 heteroatoms. The zero-order valence-electron chi connectivity index (χ0n) is 14.2. The summed E-state index contributed by atoms with van der Waals surface area (Å²) in [5.74, 6) is -0.886. The molecule has 0 aromatic heterocycles. The van der Waals surface area contributed by atoms with Gasteiger partial charge in [0.1, 0.15) is 0 Å². The van der Waals surface area contributed by atoms with E-state index in [1.54, 1.807) is 6.92 Å². The first-order chi connectivity index (χ1) is 11.0. The number of hydrogen-bond donors (Lipinski definition) is 2. The molecule has 0 radical (unpaired) electrons. The smallest absolute Gasteiger partial charge is 0.310 e. The number of ether oxygens (including phenoxy) is 1. The molecule has 0 aliphatic heterocycles. The zero-order chi connectivity index (χ0) is 16.8. The van der Waals surface area contributed by atoms with Gasteiger partial charge in [0, 0.05) is 12.0 Å². The SMILES string of the molecule is COC(=O)C(C)C(NC(=O)C1CCCC(N)C1)c1ccccc1.Cl. The van der Waals surface area contributed by atoms with Crippen molar-refractivity contribution in [1.29, 1.82) is 0 Å². The Kier molecular flexibility index (Phi) is 8.22. The average Bonchev–Trinajstić information content (AvgIpc) is 2.58. The van der Waals surface area contributed by atoms with Gasteiger partial charge in [0.15, 0.2) is 0 Å². The Bertz CT molecular complexity index is 538. The number of amides is 1. The summed E-state index contributed by atoms with van der Waals surface area (Å²) < 4.78 is 4.85. The van der Waals surface area contributed by atoms with Crippen LogP contribution >= 0.6 is 12.4 Å². The Morgan fingerprint density at radius 1 is 1.25 bits per heavy atom. The lowest BCUT2D eigenvalue weighted by atomic mass is 9.85. The predicted octanol–water partition coefficient (Wildman–Crippen LogP) is 2.59. The second-order valence-electron chi connectivity index (χ2n) is 6.33. The molecule has 1 aromatic carbocycles. The third-order valence-corrected chi connectivity index (χ3v) is 4.61. The average molecular weight is 355 g/mol. The van der Waals surface area contributed by atoms with Crippen LogP contribution < -0.4 is 11.1 Å². The fourth-order valence-corrected chi connectivity index (χ4v) is 3.22. The van der Waals surface area contributed by atoms with Crippen LogP contribution in [0.15, 0.2) is 30.3 Å². The van der Waals surface area contributed by atoms with Gasteiger partial charge in [-0.2, -0.15) is 0 Å². The van der Waals surface area contributed by atoms with Crippen molar-refractivity contribution in [2.45, 2.75) is 44.7 Å². The molecule has 3 N–H and O–H groups in total. The lowest BCUT2D eigenvalue weighted by Gasteiger charge is -2.29. The molecule has 1 aromatic rings. The maximum atomic E-state index is 12.6. The second kappa shape index (κ2) is 9.64. The van der Waals surface area contributed by atoms with Crippen molar-refractivity contribution in [3.05, 3.63) is 35.9 Å². The van der Waals surface area contributed by atoms with E-state index in [0.717, 1.165) is 24.8 Å². The summed E-state index contributed by atoms with van der Waals surface area (Å²) in [5.41, 5.74) is 6.88. The highest BCUT2D eigenvalue weighted by Crippen LogP contribution is 2.27. The zero-order valence-corrected chi connectivity index (χ0v) is 15.1. The summed E-state index contributed by atoms with van der Waals surface area (Å²) in [4.78, 5) is 24.6. The monoisotopic (exact) mass is 354 g/mol. The van der Waals surface area contributed by atoms with E-state index in [1.807, 2.05) is 30.3 Å². The molecule has 1 aliphatic carbocycles. The van der Waals surface area contributed by atoms with Gasteiger partial charge in [-0.3, -0.25) is 9.59 Å². The second-order valence-corrected chi connectivity index (χ2v) is 6.33. The molecule has 2 rings (SSSR count). The summed E-state index contributed by atoms with van der Waals surface area (Å²) in [7, 11) is 1.36. The van der Waals surface area contributed by atoms with Gasteiger partial charge in [-0.25, -0.2) is 0 Å². The van der Waals surface area contributed by atoms with Crippen LogP contribution in [0.1, 0.15) is 44.2 Å². The number of nitrogens with two attached hydrogens (primary N) is 1. The molecule has 1 saturated carbocycles. The van der Waals surface area contributed by atoms with E-state index in [1.165, 1.54) is 7.11 Å². The molecule has 0 spiro atoms. The van der Waals surface area contributed by atoms with Crippen LogP contribution in [0.3, 0.4) is 0 Å². The highest BCUT2D eigenvalue weighted by Gasteiger charge is 2.31. The van der Waals surface area contributed by atoms with Crippen molar-refractivity contribution in [2.75, 3.05) is 7.11 Å². The first kappa shape index (κ1) is 20.5. The Balaban J connectivity index is 0.00000288. The van der Waals surface area contributed by atoms with Crippen LogP contribution in [0.4, 0.5) is 0 Å². The molecule has 0 saturated heterocycles. The van der Waals surface area contributed by atoms with Gasteiger partial charge in [-0.15, -0.1) is 12.4 Å². The highest BCUT2D eigenvalue weighted by molar-refractivity contribution is 5.85. The summed E-state index contributed by atoms with van der Waals surface area (Å²) in [6.45, 7) is 1.77. The number of esters is 1. The molecule has 24 heavy (non-hydrogen) atoms. The van der Waals surface area contributed by atoms with Crippen LogP contribution in [0.5, 0.6) is 0 Å². The fraction of sp³-hybridized carbons (Fsp3) is 0.556. The number of hydrogen-bond acceptors (Lipinski definition) is 4. The standard InChI is InChI=1S/C18H26N2O3.ClH/c1-12(18(22)23-2)16(13-7-4-3-5-8-13)20-17(21)14-9-6-10-15(19)11-14;/h3-5,7-8,12,14-16H,6,9-11,19H2,1-2H3,(H,20,21);1H. The Labute approximate surface area is 149 Å². The Morgan fingerprint density at radius 2 is 1.92 bits per heavy atom. The van der Waals surface area contributed by atoms with Gasteiger partial charge in [-0.05, 0) is 31.7 Å². The van der Waals surface area contributed by atoms with Crippen molar-refractivity contribution >= 4 is 24.3 Å². The Hall–Kier alpha value is -1.59. The maximum Gasteiger partial charge on any atom is 0.310 e. The number of halogens is 1. The van der Waals surface area contributed by atoms with E-state index in [4.69, 9.17) is 10.5 Å². The number of nitrogens with one attached hydrogen (secondary N) is 1. The van der Waals surface area contributed by atoms with Crippen LogP contribution in [-0.4, -0.2) is 25.0 Å². The van der Waals surface area contributed by atoms with Gasteiger partial charge in [0.2, 0.25) is 5.91 Å². The molecular formula is C18H27ClN2O3. The van der Waals surface area contributed by atoms with Crippen LogP contribution in [0.2, 0.25) is 0 Å². The van der Waals surface area contributed by atoms with Crippen molar-refractivity contribution in [2.24, 2.45) is 17.6 Å². The number of carbonyl (C=O) groups is 2. The number of rotatable bonds is 5. The third kappa shape index (κ3) is 5.21. The maximum absolute atomic E-state index is 12.6. The molecule has 5 nitrogen and oxygen atoms in total. The Morgan fingerprint density at radius 3 is 2.50 bits per heavy atom. The van der Waals surface area contributed by atoms with E-state index >= 15 is 0 Å². The number of methoxy groups -OCH3 is 1. The van der Waals surface area contributed by atoms with E-state index in [-0.39, 0.29) is 36.2 Å². The van der Waals surface area contributed by atoms with Crippen molar-refractivity contribution in [3.63, 3.8) is 0 Å². The predicted molar refractivity (Wildman–Crippen MR) is 95.7 cm³/mol. The summed E-state index contributed by atoms with van der Waals surface area (Å²) in [6, 6.07) is 9.23. The van der Waals surface area contributed by atoms with Crippen LogP contribution in [-0.2, 0) is 14.3 Å². The minimum Gasteiger partial charge on any atom is -0.469 e. The molecular weight excluding hydrogens is 328 g/mol. The van der Waals surface area contributed by atoms with Gasteiger partial charge < -0.3 is 15.8 Å². The quantitative estimate of drug-likeness (QED) is 0.796. The normalized spacial score (nSPS) is 22.6. The topological polar surface area (TPSA) is 81.4 Å².